The molecule has 0 aliphatic carbocycles. The number of piperidine rings is 1. The zero-order valence-electron chi connectivity index (χ0n) is 12.4. The Morgan fingerprint density at radius 1 is 1.33 bits per heavy atom. The molecule has 1 saturated heterocycles. The molecular weight excluding hydrogens is 268 g/mol. The number of benzene rings is 1. The molecule has 1 amide bonds. The van der Waals surface area contributed by atoms with Gasteiger partial charge in [0.2, 0.25) is 5.91 Å². The fourth-order valence-corrected chi connectivity index (χ4v) is 2.82. The lowest BCUT2D eigenvalue weighted by atomic mass is 9.98. The van der Waals surface area contributed by atoms with E-state index in [1.165, 1.54) is 0 Å². The molecule has 0 saturated carbocycles. The molecule has 1 unspecified atom stereocenters. The van der Waals surface area contributed by atoms with Gasteiger partial charge in [0, 0.05) is 6.54 Å². The molecule has 1 aromatic rings. The molecule has 2 aliphatic heterocycles. The minimum absolute atomic E-state index is 0.0322. The topological polar surface area (TPSA) is 59.6 Å². The summed E-state index contributed by atoms with van der Waals surface area (Å²) in [5, 5.41) is 6.37. The fraction of sp³-hybridized carbons (Fsp3) is 0.562. The molecule has 0 radical (unpaired) electrons. The third-order valence-electron chi connectivity index (χ3n) is 4.09. The lowest BCUT2D eigenvalue weighted by Crippen LogP contribution is -2.41. The molecule has 0 bridgehead atoms. The molecule has 114 valence electrons. The van der Waals surface area contributed by atoms with Gasteiger partial charge >= 0.3 is 0 Å². The zero-order chi connectivity index (χ0) is 14.7. The summed E-state index contributed by atoms with van der Waals surface area (Å²) in [7, 11) is 0. The van der Waals surface area contributed by atoms with Gasteiger partial charge in [0.15, 0.2) is 11.5 Å². The van der Waals surface area contributed by atoms with E-state index in [1.54, 1.807) is 0 Å². The Morgan fingerprint density at radius 3 is 2.90 bits per heavy atom. The van der Waals surface area contributed by atoms with E-state index in [-0.39, 0.29) is 17.9 Å². The third kappa shape index (κ3) is 3.29. The van der Waals surface area contributed by atoms with Crippen LogP contribution in [0.4, 0.5) is 0 Å². The minimum Gasteiger partial charge on any atom is -0.486 e. The van der Waals surface area contributed by atoms with Crippen LogP contribution >= 0.6 is 0 Å². The number of rotatable bonds is 3. The van der Waals surface area contributed by atoms with Gasteiger partial charge in [-0.1, -0.05) is 6.07 Å². The van der Waals surface area contributed by atoms with Crippen LogP contribution in [0.25, 0.3) is 0 Å². The van der Waals surface area contributed by atoms with Crippen LogP contribution in [0.1, 0.15) is 31.4 Å². The Kier molecular flexibility index (Phi) is 4.29. The standard InChI is InChI=1S/C16H22N2O3/c1-11(18-16(19)13-3-2-6-17-10-13)12-4-5-14-15(9-12)21-8-7-20-14/h4-5,9,11,13,17H,2-3,6-8,10H2,1H3,(H,18,19)/t11?,13-/m0/s1. The summed E-state index contributed by atoms with van der Waals surface area (Å²) in [6.45, 7) is 4.96. The lowest BCUT2D eigenvalue weighted by molar-refractivity contribution is -0.126. The smallest absolute Gasteiger partial charge is 0.224 e. The van der Waals surface area contributed by atoms with Crippen molar-refractivity contribution >= 4 is 5.91 Å². The van der Waals surface area contributed by atoms with Gasteiger partial charge < -0.3 is 20.1 Å². The van der Waals surface area contributed by atoms with Crippen molar-refractivity contribution in [2.24, 2.45) is 5.92 Å². The van der Waals surface area contributed by atoms with Crippen molar-refractivity contribution in [3.8, 4) is 11.5 Å². The number of nitrogens with one attached hydrogen (secondary N) is 2. The van der Waals surface area contributed by atoms with E-state index in [0.717, 1.165) is 43.0 Å². The first-order valence-electron chi connectivity index (χ1n) is 7.64. The molecule has 2 atom stereocenters. The molecule has 0 aromatic heterocycles. The molecule has 1 fully saturated rings. The number of carbonyl (C=O) groups excluding carboxylic acids is 1. The van der Waals surface area contributed by atoms with Crippen molar-refractivity contribution < 1.29 is 14.3 Å². The molecular formula is C16H22N2O3. The Labute approximate surface area is 125 Å². The van der Waals surface area contributed by atoms with Crippen LogP contribution in [-0.2, 0) is 4.79 Å². The summed E-state index contributed by atoms with van der Waals surface area (Å²) in [5.41, 5.74) is 1.04. The van der Waals surface area contributed by atoms with E-state index in [1.807, 2.05) is 25.1 Å². The Bertz CT molecular complexity index is 512. The van der Waals surface area contributed by atoms with Gasteiger partial charge in [0.25, 0.3) is 0 Å². The van der Waals surface area contributed by atoms with E-state index in [0.29, 0.717) is 13.2 Å². The summed E-state index contributed by atoms with van der Waals surface area (Å²) in [5.74, 6) is 1.75. The molecule has 5 heteroatoms. The Balaban J connectivity index is 1.64. The van der Waals surface area contributed by atoms with Gasteiger partial charge in [-0.25, -0.2) is 0 Å². The van der Waals surface area contributed by atoms with Crippen LogP contribution in [0.5, 0.6) is 11.5 Å². The molecule has 2 heterocycles. The van der Waals surface area contributed by atoms with E-state index < -0.39 is 0 Å². The molecule has 5 nitrogen and oxygen atoms in total. The second-order valence-electron chi connectivity index (χ2n) is 5.68. The summed E-state index contributed by atoms with van der Waals surface area (Å²) in [4.78, 5) is 12.3. The number of amides is 1. The quantitative estimate of drug-likeness (QED) is 0.888. The van der Waals surface area contributed by atoms with E-state index in [2.05, 4.69) is 10.6 Å². The van der Waals surface area contributed by atoms with Crippen molar-refractivity contribution in [2.75, 3.05) is 26.3 Å². The average Bonchev–Trinajstić information content (AvgIpc) is 2.55. The van der Waals surface area contributed by atoms with Crippen LogP contribution in [0.3, 0.4) is 0 Å². The highest BCUT2D eigenvalue weighted by Gasteiger charge is 2.23. The van der Waals surface area contributed by atoms with E-state index in [9.17, 15) is 4.79 Å². The first-order chi connectivity index (χ1) is 10.2. The predicted molar refractivity (Wildman–Crippen MR) is 79.6 cm³/mol. The largest absolute Gasteiger partial charge is 0.486 e. The molecule has 21 heavy (non-hydrogen) atoms. The van der Waals surface area contributed by atoms with Crippen molar-refractivity contribution in [2.45, 2.75) is 25.8 Å². The number of hydrogen-bond acceptors (Lipinski definition) is 4. The number of carbonyl (C=O) groups is 1. The van der Waals surface area contributed by atoms with Crippen molar-refractivity contribution in [1.29, 1.82) is 0 Å². The number of fused-ring (bicyclic) bond motifs is 1. The van der Waals surface area contributed by atoms with Crippen LogP contribution < -0.4 is 20.1 Å². The molecule has 2 aliphatic rings. The number of hydrogen-bond donors (Lipinski definition) is 2. The fourth-order valence-electron chi connectivity index (χ4n) is 2.82. The van der Waals surface area contributed by atoms with Crippen molar-refractivity contribution in [3.05, 3.63) is 23.8 Å². The normalized spacial score (nSPS) is 22.4. The SMILES string of the molecule is CC(NC(=O)[C@H]1CCCNC1)c1ccc2c(c1)OCCO2. The second kappa shape index (κ2) is 6.35. The summed E-state index contributed by atoms with van der Waals surface area (Å²) >= 11 is 0. The maximum atomic E-state index is 12.3. The van der Waals surface area contributed by atoms with Gasteiger partial charge in [-0.2, -0.15) is 0 Å². The summed E-state index contributed by atoms with van der Waals surface area (Å²) < 4.78 is 11.1. The molecule has 2 N–H and O–H groups in total. The molecule has 0 spiro atoms. The van der Waals surface area contributed by atoms with Gasteiger partial charge in [0.1, 0.15) is 13.2 Å². The highest BCUT2D eigenvalue weighted by atomic mass is 16.6. The maximum Gasteiger partial charge on any atom is 0.224 e. The van der Waals surface area contributed by atoms with E-state index >= 15 is 0 Å². The van der Waals surface area contributed by atoms with Gasteiger partial charge in [-0.05, 0) is 44.0 Å². The van der Waals surface area contributed by atoms with Crippen molar-refractivity contribution in [1.82, 2.24) is 10.6 Å². The maximum absolute atomic E-state index is 12.3. The van der Waals surface area contributed by atoms with Gasteiger partial charge in [0.05, 0.1) is 12.0 Å². The third-order valence-corrected chi connectivity index (χ3v) is 4.09. The highest BCUT2D eigenvalue weighted by molar-refractivity contribution is 5.79. The molecule has 1 aromatic carbocycles. The van der Waals surface area contributed by atoms with Crippen molar-refractivity contribution in [3.63, 3.8) is 0 Å². The van der Waals surface area contributed by atoms with Crippen LogP contribution in [0.15, 0.2) is 18.2 Å². The first-order valence-corrected chi connectivity index (χ1v) is 7.64. The molecule has 3 rings (SSSR count). The predicted octanol–water partition coefficient (Wildman–Crippen LogP) is 1.63. The first kappa shape index (κ1) is 14.2. The monoisotopic (exact) mass is 290 g/mol. The van der Waals surface area contributed by atoms with Gasteiger partial charge in [-0.3, -0.25) is 4.79 Å². The Hall–Kier alpha value is -1.75. The van der Waals surface area contributed by atoms with Crippen LogP contribution in [0.2, 0.25) is 0 Å². The highest BCUT2D eigenvalue weighted by Crippen LogP contribution is 2.32. The van der Waals surface area contributed by atoms with E-state index in [4.69, 9.17) is 9.47 Å². The average molecular weight is 290 g/mol. The second-order valence-corrected chi connectivity index (χ2v) is 5.68. The minimum atomic E-state index is -0.0322. The van der Waals surface area contributed by atoms with Crippen LogP contribution in [-0.4, -0.2) is 32.2 Å². The lowest BCUT2D eigenvalue weighted by Gasteiger charge is -2.25. The Morgan fingerprint density at radius 2 is 2.14 bits per heavy atom. The van der Waals surface area contributed by atoms with Crippen LogP contribution in [0, 0.1) is 5.92 Å². The summed E-state index contributed by atoms with van der Waals surface area (Å²) in [6, 6.07) is 5.82. The summed E-state index contributed by atoms with van der Waals surface area (Å²) in [6.07, 6.45) is 2.03. The van der Waals surface area contributed by atoms with Gasteiger partial charge in [-0.15, -0.1) is 0 Å². The number of ether oxygens (including phenoxy) is 2. The zero-order valence-corrected chi connectivity index (χ0v) is 12.4.